The highest BCUT2D eigenvalue weighted by atomic mass is 16.5. The molecule has 0 saturated carbocycles. The second-order valence-corrected chi connectivity index (χ2v) is 3.78. The highest BCUT2D eigenvalue weighted by Crippen LogP contribution is 2.03. The lowest BCUT2D eigenvalue weighted by atomic mass is 10.3. The number of hydrogen-bond donors (Lipinski definition) is 0. The van der Waals surface area contributed by atoms with Gasteiger partial charge in [-0.1, -0.05) is 0 Å². The van der Waals surface area contributed by atoms with Crippen molar-refractivity contribution in [3.8, 4) is 0 Å². The van der Waals surface area contributed by atoms with Gasteiger partial charge in [0.25, 0.3) is 0 Å². The van der Waals surface area contributed by atoms with Gasteiger partial charge in [0.2, 0.25) is 0 Å². The molecule has 1 amide bonds. The maximum absolute atomic E-state index is 12.0. The van der Waals surface area contributed by atoms with Crippen LogP contribution in [-0.4, -0.2) is 45.6 Å². The van der Waals surface area contributed by atoms with Crippen molar-refractivity contribution in [1.82, 2.24) is 14.5 Å². The van der Waals surface area contributed by atoms with Gasteiger partial charge in [-0.3, -0.25) is 9.36 Å². The molecule has 6 nitrogen and oxygen atoms in total. The van der Waals surface area contributed by atoms with Crippen LogP contribution in [0.25, 0.3) is 0 Å². The van der Waals surface area contributed by atoms with Gasteiger partial charge in [0.15, 0.2) is 0 Å². The van der Waals surface area contributed by atoms with Crippen LogP contribution < -0.4 is 0 Å². The molecule has 94 valence electrons. The number of hydrogen-bond acceptors (Lipinski definition) is 4. The molecule has 0 N–H and O–H groups in total. The molecule has 1 heterocycles. The minimum Gasteiger partial charge on any atom is -0.465 e. The van der Waals surface area contributed by atoms with Crippen molar-refractivity contribution in [3.63, 3.8) is 0 Å². The maximum atomic E-state index is 12.0. The van der Waals surface area contributed by atoms with E-state index in [1.165, 1.54) is 22.0 Å². The van der Waals surface area contributed by atoms with E-state index in [0.717, 1.165) is 0 Å². The van der Waals surface area contributed by atoms with Gasteiger partial charge in [0.1, 0.15) is 12.9 Å². The number of esters is 1. The van der Waals surface area contributed by atoms with Gasteiger partial charge < -0.3 is 9.64 Å². The van der Waals surface area contributed by atoms with Gasteiger partial charge in [-0.05, 0) is 20.8 Å². The van der Waals surface area contributed by atoms with Crippen LogP contribution in [0.15, 0.2) is 18.7 Å². The largest absolute Gasteiger partial charge is 0.465 e. The maximum Gasteiger partial charge on any atom is 0.330 e. The Hall–Kier alpha value is -1.85. The molecule has 0 aliphatic heterocycles. The Morgan fingerprint density at radius 3 is 2.65 bits per heavy atom. The number of nitrogens with zero attached hydrogens (tertiary/aromatic N) is 3. The number of carbonyl (C=O) groups is 2. The average molecular weight is 239 g/mol. The summed E-state index contributed by atoms with van der Waals surface area (Å²) in [6.07, 6.45) is 4.46. The van der Waals surface area contributed by atoms with E-state index in [0.29, 0.717) is 6.61 Å². The van der Waals surface area contributed by atoms with Crippen LogP contribution >= 0.6 is 0 Å². The van der Waals surface area contributed by atoms with Gasteiger partial charge in [-0.15, -0.1) is 0 Å². The van der Waals surface area contributed by atoms with Gasteiger partial charge in [0.05, 0.1) is 6.61 Å². The van der Waals surface area contributed by atoms with Crippen LogP contribution in [-0.2, 0) is 9.53 Å². The first-order valence-corrected chi connectivity index (χ1v) is 5.50. The summed E-state index contributed by atoms with van der Waals surface area (Å²) >= 11 is 0. The van der Waals surface area contributed by atoms with Crippen LogP contribution in [0.2, 0.25) is 0 Å². The molecule has 1 aromatic heterocycles. The summed E-state index contributed by atoms with van der Waals surface area (Å²) in [4.78, 5) is 28.6. The first kappa shape index (κ1) is 13.2. The fraction of sp³-hybridized carbons (Fsp3) is 0.545. The molecule has 0 saturated heterocycles. The lowest BCUT2D eigenvalue weighted by Gasteiger charge is -2.25. The third-order valence-corrected chi connectivity index (χ3v) is 2.20. The predicted molar refractivity (Wildman–Crippen MR) is 61.5 cm³/mol. The molecule has 17 heavy (non-hydrogen) atoms. The van der Waals surface area contributed by atoms with Crippen molar-refractivity contribution < 1.29 is 14.3 Å². The minimum atomic E-state index is -0.408. The first-order chi connectivity index (χ1) is 8.06. The Morgan fingerprint density at radius 2 is 2.18 bits per heavy atom. The number of carbonyl (C=O) groups excluding carboxylic acids is 2. The second-order valence-electron chi connectivity index (χ2n) is 3.78. The smallest absolute Gasteiger partial charge is 0.330 e. The monoisotopic (exact) mass is 239 g/mol. The van der Waals surface area contributed by atoms with Gasteiger partial charge in [0, 0.05) is 18.4 Å². The predicted octanol–water partition coefficient (Wildman–Crippen LogP) is 1.12. The van der Waals surface area contributed by atoms with Gasteiger partial charge in [-0.2, -0.15) is 0 Å². The molecule has 0 aromatic carbocycles. The van der Waals surface area contributed by atoms with Crippen molar-refractivity contribution in [2.75, 3.05) is 13.2 Å². The van der Waals surface area contributed by atoms with Crippen molar-refractivity contribution in [3.05, 3.63) is 18.7 Å². The summed E-state index contributed by atoms with van der Waals surface area (Å²) in [5.41, 5.74) is 0. The topological polar surface area (TPSA) is 64.4 Å². The molecule has 1 rings (SSSR count). The number of rotatable bonds is 4. The average Bonchev–Trinajstić information content (AvgIpc) is 2.78. The normalized spacial score (nSPS) is 10.4. The quantitative estimate of drug-likeness (QED) is 0.739. The van der Waals surface area contributed by atoms with E-state index < -0.39 is 5.97 Å². The highest BCUT2D eigenvalue weighted by molar-refractivity contribution is 5.82. The van der Waals surface area contributed by atoms with E-state index in [1.807, 2.05) is 13.8 Å². The molecule has 0 bridgehead atoms. The van der Waals surface area contributed by atoms with Crippen molar-refractivity contribution in [1.29, 1.82) is 0 Å². The van der Waals surface area contributed by atoms with Crippen LogP contribution in [0, 0.1) is 0 Å². The fourth-order valence-corrected chi connectivity index (χ4v) is 1.34. The Kier molecular flexibility index (Phi) is 4.68. The highest BCUT2D eigenvalue weighted by Gasteiger charge is 2.21. The van der Waals surface area contributed by atoms with Crippen molar-refractivity contribution >= 4 is 12.0 Å². The lowest BCUT2D eigenvalue weighted by Crippen LogP contribution is -2.43. The van der Waals surface area contributed by atoms with Gasteiger partial charge >= 0.3 is 12.0 Å². The zero-order chi connectivity index (χ0) is 12.8. The standard InChI is InChI=1S/C11H17N3O3/c1-4-17-10(15)7-14(9(2)3)11(16)13-6-5-12-8-13/h5-6,8-9H,4,7H2,1-3H3. The molecular formula is C11H17N3O3. The van der Waals surface area contributed by atoms with Gasteiger partial charge in [-0.25, -0.2) is 9.78 Å². The van der Waals surface area contributed by atoms with Crippen molar-refractivity contribution in [2.45, 2.75) is 26.8 Å². The molecule has 0 aliphatic carbocycles. The molecule has 0 unspecified atom stereocenters. The molecule has 1 aromatic rings. The Bertz CT molecular complexity index is 373. The van der Waals surface area contributed by atoms with E-state index in [1.54, 1.807) is 13.1 Å². The summed E-state index contributed by atoms with van der Waals surface area (Å²) < 4.78 is 6.16. The summed E-state index contributed by atoms with van der Waals surface area (Å²) in [6, 6.07) is -0.375. The van der Waals surface area contributed by atoms with E-state index in [4.69, 9.17) is 4.74 Å². The number of aromatic nitrogens is 2. The Balaban J connectivity index is 2.73. The van der Waals surface area contributed by atoms with E-state index in [-0.39, 0.29) is 18.6 Å². The minimum absolute atomic E-state index is 0.0531. The SMILES string of the molecule is CCOC(=O)CN(C(=O)n1ccnc1)C(C)C. The van der Waals surface area contributed by atoms with Crippen molar-refractivity contribution in [2.24, 2.45) is 0 Å². The third-order valence-electron chi connectivity index (χ3n) is 2.20. The zero-order valence-corrected chi connectivity index (χ0v) is 10.3. The number of ether oxygens (including phenoxy) is 1. The van der Waals surface area contributed by atoms with Crippen LogP contribution in [0.4, 0.5) is 4.79 Å². The van der Waals surface area contributed by atoms with E-state index in [2.05, 4.69) is 4.98 Å². The summed E-state index contributed by atoms with van der Waals surface area (Å²) in [5.74, 6) is -0.408. The molecule has 0 radical (unpaired) electrons. The lowest BCUT2D eigenvalue weighted by molar-refractivity contribution is -0.144. The first-order valence-electron chi connectivity index (χ1n) is 5.50. The third kappa shape index (κ3) is 3.58. The Labute approximate surface area is 100 Å². The summed E-state index contributed by atoms with van der Waals surface area (Å²) in [5, 5.41) is 0. The molecule has 0 fully saturated rings. The molecular weight excluding hydrogens is 222 g/mol. The molecule has 0 aliphatic rings. The fourth-order valence-electron chi connectivity index (χ4n) is 1.34. The Morgan fingerprint density at radius 1 is 1.47 bits per heavy atom. The summed E-state index contributed by atoms with van der Waals surface area (Å²) in [7, 11) is 0. The second kappa shape index (κ2) is 6.03. The molecule has 0 atom stereocenters. The number of imidazole rings is 1. The number of amides is 1. The molecule has 6 heteroatoms. The van der Waals surface area contributed by atoms with E-state index in [9.17, 15) is 9.59 Å². The van der Waals surface area contributed by atoms with Crippen LogP contribution in [0.5, 0.6) is 0 Å². The summed E-state index contributed by atoms with van der Waals surface area (Å²) in [6.45, 7) is 5.67. The molecule has 0 spiro atoms. The van der Waals surface area contributed by atoms with E-state index >= 15 is 0 Å². The zero-order valence-electron chi connectivity index (χ0n) is 10.3. The van der Waals surface area contributed by atoms with Crippen LogP contribution in [0.1, 0.15) is 20.8 Å². The van der Waals surface area contributed by atoms with Crippen LogP contribution in [0.3, 0.4) is 0 Å².